The van der Waals surface area contributed by atoms with Gasteiger partial charge >= 0.3 is 0 Å². The van der Waals surface area contributed by atoms with E-state index in [4.69, 9.17) is 4.42 Å². The summed E-state index contributed by atoms with van der Waals surface area (Å²) in [5.74, 6) is 0.345. The van der Waals surface area contributed by atoms with Gasteiger partial charge in [0.05, 0.1) is 12.9 Å². The number of nitrogens with one attached hydrogen (secondary N) is 1. The normalized spacial score (nSPS) is 12.1. The molecule has 1 heterocycles. The summed E-state index contributed by atoms with van der Waals surface area (Å²) in [5.41, 5.74) is 1.62. The summed E-state index contributed by atoms with van der Waals surface area (Å²) in [5, 5.41) is 12.1. The first kappa shape index (κ1) is 13.4. The second kappa shape index (κ2) is 6.20. The Morgan fingerprint density at radius 2 is 2.11 bits per heavy atom. The van der Waals surface area contributed by atoms with Crippen LogP contribution in [0.4, 0.5) is 0 Å². The van der Waals surface area contributed by atoms with Crippen LogP contribution in [0.5, 0.6) is 0 Å². The third-order valence-electron chi connectivity index (χ3n) is 3.02. The monoisotopic (exact) mass is 259 g/mol. The van der Waals surface area contributed by atoms with Crippen molar-refractivity contribution in [2.75, 3.05) is 6.61 Å². The summed E-state index contributed by atoms with van der Waals surface area (Å²) in [6, 6.07) is 10.4. The SMILES string of the molecule is CCc1ccccc1C(=O)NC(CO)c1ccco1. The zero-order valence-corrected chi connectivity index (χ0v) is 10.8. The van der Waals surface area contributed by atoms with Gasteiger partial charge in [0.1, 0.15) is 11.8 Å². The molecule has 4 heteroatoms. The summed E-state index contributed by atoms with van der Waals surface area (Å²) in [6.07, 6.45) is 2.30. The number of rotatable bonds is 5. The van der Waals surface area contributed by atoms with Gasteiger partial charge in [-0.3, -0.25) is 4.79 Å². The molecule has 0 saturated heterocycles. The van der Waals surface area contributed by atoms with Crippen LogP contribution in [0.15, 0.2) is 47.1 Å². The minimum absolute atomic E-state index is 0.201. The molecule has 0 aliphatic rings. The first-order valence-corrected chi connectivity index (χ1v) is 6.29. The van der Waals surface area contributed by atoms with Crippen LogP contribution in [0.25, 0.3) is 0 Å². The Labute approximate surface area is 112 Å². The first-order valence-electron chi connectivity index (χ1n) is 6.29. The molecule has 19 heavy (non-hydrogen) atoms. The van der Waals surface area contributed by atoms with E-state index in [0.717, 1.165) is 12.0 Å². The number of benzene rings is 1. The van der Waals surface area contributed by atoms with Crippen molar-refractivity contribution in [3.63, 3.8) is 0 Å². The quantitative estimate of drug-likeness (QED) is 0.866. The standard InChI is InChI=1S/C15H17NO3/c1-2-11-6-3-4-7-12(11)15(18)16-13(10-17)14-8-5-9-19-14/h3-9,13,17H,2,10H2,1H3,(H,16,18). The van der Waals surface area contributed by atoms with Crippen LogP contribution in [0.2, 0.25) is 0 Å². The molecule has 0 aliphatic heterocycles. The average molecular weight is 259 g/mol. The highest BCUT2D eigenvalue weighted by Gasteiger charge is 2.18. The fourth-order valence-corrected chi connectivity index (χ4v) is 1.98. The number of furan rings is 1. The Morgan fingerprint density at radius 1 is 1.32 bits per heavy atom. The van der Waals surface area contributed by atoms with E-state index in [2.05, 4.69) is 5.32 Å². The molecule has 1 atom stereocenters. The molecule has 0 fully saturated rings. The van der Waals surface area contributed by atoms with Crippen LogP contribution in [0.1, 0.15) is 34.6 Å². The van der Waals surface area contributed by atoms with Crippen LogP contribution in [0.3, 0.4) is 0 Å². The molecule has 0 aliphatic carbocycles. The fraction of sp³-hybridized carbons (Fsp3) is 0.267. The number of carbonyl (C=O) groups excluding carboxylic acids is 1. The molecule has 1 aromatic heterocycles. The molecular formula is C15H17NO3. The highest BCUT2D eigenvalue weighted by molar-refractivity contribution is 5.95. The highest BCUT2D eigenvalue weighted by atomic mass is 16.3. The lowest BCUT2D eigenvalue weighted by atomic mass is 10.0. The minimum Gasteiger partial charge on any atom is -0.467 e. The number of amides is 1. The maximum atomic E-state index is 12.2. The van der Waals surface area contributed by atoms with E-state index < -0.39 is 6.04 Å². The lowest BCUT2D eigenvalue weighted by molar-refractivity contribution is 0.0906. The van der Waals surface area contributed by atoms with Gasteiger partial charge in [0.15, 0.2) is 0 Å². The second-order valence-electron chi connectivity index (χ2n) is 4.23. The molecular weight excluding hydrogens is 242 g/mol. The van der Waals surface area contributed by atoms with E-state index in [1.807, 2.05) is 25.1 Å². The van der Waals surface area contributed by atoms with Crippen molar-refractivity contribution in [1.29, 1.82) is 0 Å². The minimum atomic E-state index is -0.521. The lowest BCUT2D eigenvalue weighted by Crippen LogP contribution is -2.31. The Bertz CT molecular complexity index is 534. The van der Waals surface area contributed by atoms with Crippen molar-refractivity contribution in [2.45, 2.75) is 19.4 Å². The van der Waals surface area contributed by atoms with Gasteiger partial charge in [0.25, 0.3) is 5.91 Å². The Kier molecular flexibility index (Phi) is 4.36. The predicted molar refractivity (Wildman–Crippen MR) is 71.8 cm³/mol. The van der Waals surface area contributed by atoms with Crippen molar-refractivity contribution in [3.05, 3.63) is 59.5 Å². The largest absolute Gasteiger partial charge is 0.467 e. The number of hydrogen-bond acceptors (Lipinski definition) is 3. The molecule has 1 unspecified atom stereocenters. The van der Waals surface area contributed by atoms with Crippen LogP contribution < -0.4 is 5.32 Å². The zero-order chi connectivity index (χ0) is 13.7. The molecule has 0 saturated carbocycles. The smallest absolute Gasteiger partial charge is 0.252 e. The van der Waals surface area contributed by atoms with Gasteiger partial charge in [0, 0.05) is 5.56 Å². The van der Waals surface area contributed by atoms with E-state index in [1.165, 1.54) is 6.26 Å². The molecule has 2 rings (SSSR count). The summed E-state index contributed by atoms with van der Waals surface area (Å²) < 4.78 is 5.21. The summed E-state index contributed by atoms with van der Waals surface area (Å²) in [7, 11) is 0. The van der Waals surface area contributed by atoms with Crippen molar-refractivity contribution in [1.82, 2.24) is 5.32 Å². The molecule has 0 bridgehead atoms. The second-order valence-corrected chi connectivity index (χ2v) is 4.23. The number of aliphatic hydroxyl groups excluding tert-OH is 1. The summed E-state index contributed by atoms with van der Waals surface area (Å²) in [4.78, 5) is 12.2. The Balaban J connectivity index is 2.16. The molecule has 1 amide bonds. The molecule has 1 aromatic carbocycles. The van der Waals surface area contributed by atoms with Crippen molar-refractivity contribution < 1.29 is 14.3 Å². The maximum Gasteiger partial charge on any atom is 0.252 e. The first-order chi connectivity index (χ1) is 9.26. The van der Waals surface area contributed by atoms with Crippen molar-refractivity contribution >= 4 is 5.91 Å². The molecule has 2 N–H and O–H groups in total. The highest BCUT2D eigenvalue weighted by Crippen LogP contribution is 2.15. The molecule has 0 spiro atoms. The number of aryl methyl sites for hydroxylation is 1. The molecule has 4 nitrogen and oxygen atoms in total. The third kappa shape index (κ3) is 3.03. The van der Waals surface area contributed by atoms with Crippen LogP contribution in [-0.2, 0) is 6.42 Å². The van der Waals surface area contributed by atoms with E-state index in [-0.39, 0.29) is 12.5 Å². The van der Waals surface area contributed by atoms with Crippen LogP contribution in [0, 0.1) is 0 Å². The van der Waals surface area contributed by atoms with Crippen molar-refractivity contribution in [3.8, 4) is 0 Å². The molecule has 100 valence electrons. The summed E-state index contributed by atoms with van der Waals surface area (Å²) >= 11 is 0. The van der Waals surface area contributed by atoms with Gasteiger partial charge in [-0.15, -0.1) is 0 Å². The lowest BCUT2D eigenvalue weighted by Gasteiger charge is -2.15. The van der Waals surface area contributed by atoms with Crippen LogP contribution in [-0.4, -0.2) is 17.6 Å². The third-order valence-corrected chi connectivity index (χ3v) is 3.02. The van der Waals surface area contributed by atoms with Gasteiger partial charge in [-0.2, -0.15) is 0 Å². The predicted octanol–water partition coefficient (Wildman–Crippen LogP) is 2.31. The van der Waals surface area contributed by atoms with Gasteiger partial charge in [0.2, 0.25) is 0 Å². The maximum absolute atomic E-state index is 12.2. The number of aliphatic hydroxyl groups is 1. The van der Waals surface area contributed by atoms with Crippen molar-refractivity contribution in [2.24, 2.45) is 0 Å². The van der Waals surface area contributed by atoms with E-state index in [0.29, 0.717) is 11.3 Å². The fourth-order valence-electron chi connectivity index (χ4n) is 1.98. The van der Waals surface area contributed by atoms with Crippen LogP contribution >= 0.6 is 0 Å². The van der Waals surface area contributed by atoms with Gasteiger partial charge in [-0.1, -0.05) is 25.1 Å². The Hall–Kier alpha value is -2.07. The summed E-state index contributed by atoms with van der Waals surface area (Å²) in [6.45, 7) is 1.80. The van der Waals surface area contributed by atoms with Gasteiger partial charge < -0.3 is 14.8 Å². The van der Waals surface area contributed by atoms with E-state index in [1.54, 1.807) is 18.2 Å². The topological polar surface area (TPSA) is 62.5 Å². The number of hydrogen-bond donors (Lipinski definition) is 2. The Morgan fingerprint density at radius 3 is 2.74 bits per heavy atom. The van der Waals surface area contributed by atoms with E-state index >= 15 is 0 Å². The van der Waals surface area contributed by atoms with Gasteiger partial charge in [-0.05, 0) is 30.2 Å². The van der Waals surface area contributed by atoms with E-state index in [9.17, 15) is 9.90 Å². The number of carbonyl (C=O) groups is 1. The molecule has 0 radical (unpaired) electrons. The zero-order valence-electron chi connectivity index (χ0n) is 10.8. The van der Waals surface area contributed by atoms with Gasteiger partial charge in [-0.25, -0.2) is 0 Å². The average Bonchev–Trinajstić information content (AvgIpc) is 2.98. The molecule has 2 aromatic rings.